The monoisotopic (exact) mass is 556 g/mol. The number of halogens is 2. The van der Waals surface area contributed by atoms with E-state index in [4.69, 9.17) is 16.3 Å². The highest BCUT2D eigenvalue weighted by Crippen LogP contribution is 2.32. The van der Waals surface area contributed by atoms with Crippen LogP contribution < -0.4 is 10.1 Å². The molecule has 4 rings (SSSR count). The van der Waals surface area contributed by atoms with Crippen LogP contribution in [-0.4, -0.2) is 28.5 Å². The third kappa shape index (κ3) is 6.28. The van der Waals surface area contributed by atoms with Gasteiger partial charge in [0.1, 0.15) is 18.9 Å². The lowest BCUT2D eigenvalue weighted by Crippen LogP contribution is -2.36. The molecule has 1 heterocycles. The summed E-state index contributed by atoms with van der Waals surface area (Å²) in [5, 5.41) is 2.85. The van der Waals surface area contributed by atoms with Gasteiger partial charge in [0.2, 0.25) is 5.91 Å². The lowest BCUT2D eigenvalue weighted by molar-refractivity contribution is -0.127. The fourth-order valence-corrected chi connectivity index (χ4v) is 4.34. The van der Waals surface area contributed by atoms with E-state index in [0.717, 1.165) is 26.7 Å². The second-order valence-electron chi connectivity index (χ2n) is 7.31. The minimum Gasteiger partial charge on any atom is -0.489 e. The number of nitrogens with zero attached hydrogens (tertiary/aromatic N) is 1. The second-order valence-corrected chi connectivity index (χ2v) is 9.66. The molecule has 172 valence electrons. The van der Waals surface area contributed by atoms with Crippen LogP contribution in [0.2, 0.25) is 5.02 Å². The first-order valence-electron chi connectivity index (χ1n) is 10.2. The Morgan fingerprint density at radius 2 is 1.79 bits per heavy atom. The van der Waals surface area contributed by atoms with Crippen LogP contribution >= 0.6 is 39.3 Å². The van der Waals surface area contributed by atoms with Crippen LogP contribution in [0.25, 0.3) is 6.08 Å². The second kappa shape index (κ2) is 10.9. The molecule has 6 nitrogen and oxygen atoms in total. The van der Waals surface area contributed by atoms with Gasteiger partial charge in [0.15, 0.2) is 0 Å². The molecule has 0 aliphatic carbocycles. The normalized spacial score (nSPS) is 14.5. The molecule has 0 atom stereocenters. The maximum Gasteiger partial charge on any atom is 0.294 e. The van der Waals surface area contributed by atoms with E-state index >= 15 is 0 Å². The highest BCUT2D eigenvalue weighted by atomic mass is 79.9. The molecular formula is C25H18BrClN2O4S. The topological polar surface area (TPSA) is 75.7 Å². The van der Waals surface area contributed by atoms with E-state index < -0.39 is 17.1 Å². The average molecular weight is 558 g/mol. The van der Waals surface area contributed by atoms with Crippen molar-refractivity contribution in [1.29, 1.82) is 0 Å². The van der Waals surface area contributed by atoms with E-state index in [1.54, 1.807) is 54.6 Å². The molecule has 1 aliphatic rings. The van der Waals surface area contributed by atoms with Gasteiger partial charge in [-0.05, 0) is 77.5 Å². The van der Waals surface area contributed by atoms with Crippen molar-refractivity contribution in [3.63, 3.8) is 0 Å². The Kier molecular flexibility index (Phi) is 7.72. The molecule has 3 aromatic rings. The summed E-state index contributed by atoms with van der Waals surface area (Å²) in [6.45, 7) is 0.00687. The van der Waals surface area contributed by atoms with Crippen molar-refractivity contribution in [1.82, 2.24) is 4.90 Å². The summed E-state index contributed by atoms with van der Waals surface area (Å²) in [5.74, 6) is -0.339. The molecule has 1 fully saturated rings. The maximum absolute atomic E-state index is 12.8. The van der Waals surface area contributed by atoms with Crippen molar-refractivity contribution in [2.75, 3.05) is 11.9 Å². The number of amides is 3. The molecule has 1 aliphatic heterocycles. The van der Waals surface area contributed by atoms with Crippen molar-refractivity contribution >= 4 is 68.1 Å². The molecule has 0 bridgehead atoms. The standard InChI is InChI=1S/C25H18BrClN2O4S/c26-18-6-10-20(11-7-18)28-23(30)14-29-24(31)22(34-25(29)32)13-17-2-1-3-21(12-17)33-15-16-4-8-19(27)9-5-16/h1-13H,14-15H2,(H,28,30)/b22-13+. The smallest absolute Gasteiger partial charge is 0.294 e. The van der Waals surface area contributed by atoms with Gasteiger partial charge in [-0.3, -0.25) is 19.3 Å². The van der Waals surface area contributed by atoms with Crippen molar-refractivity contribution < 1.29 is 19.1 Å². The Balaban J connectivity index is 1.39. The number of hydrogen-bond acceptors (Lipinski definition) is 5. The summed E-state index contributed by atoms with van der Waals surface area (Å²) < 4.78 is 6.70. The first-order chi connectivity index (χ1) is 16.4. The summed E-state index contributed by atoms with van der Waals surface area (Å²) >= 11 is 10.0. The SMILES string of the molecule is O=C(CN1C(=O)S/C(=C/c2cccc(OCc3ccc(Cl)cc3)c2)C1=O)Nc1ccc(Br)cc1. The molecule has 0 saturated carbocycles. The number of ether oxygens (including phenoxy) is 1. The third-order valence-corrected chi connectivity index (χ3v) is 6.47. The number of carbonyl (C=O) groups excluding carboxylic acids is 3. The first-order valence-corrected chi connectivity index (χ1v) is 12.1. The molecule has 3 aromatic carbocycles. The number of anilines is 1. The highest BCUT2D eigenvalue weighted by Gasteiger charge is 2.36. The lowest BCUT2D eigenvalue weighted by atomic mass is 10.2. The highest BCUT2D eigenvalue weighted by molar-refractivity contribution is 9.10. The van der Waals surface area contributed by atoms with E-state index in [9.17, 15) is 14.4 Å². The van der Waals surface area contributed by atoms with Crippen molar-refractivity contribution in [3.05, 3.63) is 98.3 Å². The Bertz CT molecular complexity index is 1260. The third-order valence-electron chi connectivity index (χ3n) is 4.78. The Morgan fingerprint density at radius 1 is 1.06 bits per heavy atom. The van der Waals surface area contributed by atoms with E-state index in [2.05, 4.69) is 21.2 Å². The largest absolute Gasteiger partial charge is 0.489 e. The van der Waals surface area contributed by atoms with Gasteiger partial charge < -0.3 is 10.1 Å². The molecule has 0 spiro atoms. The van der Waals surface area contributed by atoms with Gasteiger partial charge in [-0.15, -0.1) is 0 Å². The van der Waals surface area contributed by atoms with Crippen LogP contribution in [0.1, 0.15) is 11.1 Å². The number of thioether (sulfide) groups is 1. The van der Waals surface area contributed by atoms with Crippen LogP contribution in [-0.2, 0) is 16.2 Å². The number of imide groups is 1. The zero-order valence-electron chi connectivity index (χ0n) is 17.7. The molecule has 9 heteroatoms. The number of nitrogens with one attached hydrogen (secondary N) is 1. The van der Waals surface area contributed by atoms with Gasteiger partial charge >= 0.3 is 0 Å². The Hall–Kier alpha value is -3.07. The van der Waals surface area contributed by atoms with Gasteiger partial charge in [0, 0.05) is 15.2 Å². The molecule has 0 radical (unpaired) electrons. The van der Waals surface area contributed by atoms with Crippen LogP contribution in [0.5, 0.6) is 5.75 Å². The summed E-state index contributed by atoms with van der Waals surface area (Å²) in [6.07, 6.45) is 1.62. The van der Waals surface area contributed by atoms with E-state index in [1.165, 1.54) is 0 Å². The molecule has 3 amide bonds. The predicted molar refractivity (Wildman–Crippen MR) is 138 cm³/mol. The number of rotatable bonds is 7. The zero-order valence-corrected chi connectivity index (χ0v) is 20.8. The van der Waals surface area contributed by atoms with Crippen LogP contribution in [0.3, 0.4) is 0 Å². The van der Waals surface area contributed by atoms with Crippen molar-refractivity contribution in [2.45, 2.75) is 6.61 Å². The molecule has 0 unspecified atom stereocenters. The van der Waals surface area contributed by atoms with Gasteiger partial charge in [0.25, 0.3) is 11.1 Å². The van der Waals surface area contributed by atoms with Crippen LogP contribution in [0.15, 0.2) is 82.2 Å². The summed E-state index contributed by atoms with van der Waals surface area (Å²) in [6, 6.07) is 21.6. The quantitative estimate of drug-likeness (QED) is 0.342. The number of benzene rings is 3. The summed E-state index contributed by atoms with van der Waals surface area (Å²) in [4.78, 5) is 38.7. The van der Waals surface area contributed by atoms with Crippen LogP contribution in [0.4, 0.5) is 10.5 Å². The molecule has 1 saturated heterocycles. The lowest BCUT2D eigenvalue weighted by Gasteiger charge is -2.12. The molecular weight excluding hydrogens is 540 g/mol. The number of carbonyl (C=O) groups is 3. The van der Waals surface area contributed by atoms with E-state index in [-0.39, 0.29) is 11.4 Å². The fraction of sp³-hybridized carbons (Fsp3) is 0.0800. The minimum atomic E-state index is -0.506. The summed E-state index contributed by atoms with van der Waals surface area (Å²) in [7, 11) is 0. The summed E-state index contributed by atoms with van der Waals surface area (Å²) in [5.41, 5.74) is 2.25. The fourth-order valence-electron chi connectivity index (χ4n) is 3.11. The van der Waals surface area contributed by atoms with Crippen molar-refractivity contribution in [3.8, 4) is 5.75 Å². The zero-order chi connectivity index (χ0) is 24.1. The number of hydrogen-bond donors (Lipinski definition) is 1. The van der Waals surface area contributed by atoms with E-state index in [1.807, 2.05) is 24.3 Å². The molecule has 0 aromatic heterocycles. The van der Waals surface area contributed by atoms with Gasteiger partial charge in [-0.2, -0.15) is 0 Å². The van der Waals surface area contributed by atoms with Gasteiger partial charge in [0.05, 0.1) is 4.91 Å². The van der Waals surface area contributed by atoms with Gasteiger partial charge in [-0.25, -0.2) is 0 Å². The average Bonchev–Trinajstić information content (AvgIpc) is 3.08. The van der Waals surface area contributed by atoms with Gasteiger partial charge in [-0.1, -0.05) is 51.8 Å². The molecule has 1 N–H and O–H groups in total. The molecule has 34 heavy (non-hydrogen) atoms. The Morgan fingerprint density at radius 3 is 2.53 bits per heavy atom. The van der Waals surface area contributed by atoms with E-state index in [0.29, 0.717) is 28.6 Å². The predicted octanol–water partition coefficient (Wildman–Crippen LogP) is 6.36. The Labute approximate surface area is 214 Å². The first kappa shape index (κ1) is 24.1. The van der Waals surface area contributed by atoms with Crippen molar-refractivity contribution in [2.24, 2.45) is 0 Å². The maximum atomic E-state index is 12.8. The van der Waals surface area contributed by atoms with Crippen LogP contribution in [0, 0.1) is 0 Å². The minimum absolute atomic E-state index is 0.247.